The van der Waals surface area contributed by atoms with E-state index in [9.17, 15) is 13.2 Å². The van der Waals surface area contributed by atoms with Gasteiger partial charge in [-0.2, -0.15) is 4.31 Å². The minimum absolute atomic E-state index is 0.00815. The lowest BCUT2D eigenvalue weighted by Gasteiger charge is -2.28. The van der Waals surface area contributed by atoms with Crippen LogP contribution in [0.5, 0.6) is 5.75 Å². The van der Waals surface area contributed by atoms with E-state index in [4.69, 9.17) is 4.74 Å². The van der Waals surface area contributed by atoms with Crippen LogP contribution in [-0.2, 0) is 14.8 Å². The number of methoxy groups -OCH3 is 1. The van der Waals surface area contributed by atoms with E-state index in [1.54, 1.807) is 13.2 Å². The number of benzene rings is 1. The molecule has 0 aliphatic heterocycles. The number of aryl methyl sites for hydroxylation is 1. The van der Waals surface area contributed by atoms with Crippen LogP contribution >= 0.6 is 0 Å². The molecule has 0 aromatic heterocycles. The molecular formula is C19H30N2O4S. The van der Waals surface area contributed by atoms with E-state index in [0.717, 1.165) is 44.1 Å². The van der Waals surface area contributed by atoms with E-state index >= 15 is 0 Å². The molecule has 0 radical (unpaired) electrons. The predicted octanol–water partition coefficient (Wildman–Crippen LogP) is 3.32. The van der Waals surface area contributed by atoms with Crippen molar-refractivity contribution in [3.8, 4) is 5.75 Å². The van der Waals surface area contributed by atoms with E-state index in [-0.39, 0.29) is 24.9 Å². The molecule has 0 unspecified atom stereocenters. The van der Waals surface area contributed by atoms with Crippen LogP contribution in [0.4, 0.5) is 5.69 Å². The Bertz CT molecular complexity index is 710. The minimum atomic E-state index is -3.34. The Morgan fingerprint density at radius 3 is 2.46 bits per heavy atom. The van der Waals surface area contributed by atoms with Crippen LogP contribution in [0.2, 0.25) is 0 Å². The fraction of sp³-hybridized carbons (Fsp3) is 0.632. The van der Waals surface area contributed by atoms with Gasteiger partial charge in [-0.3, -0.25) is 4.79 Å². The number of rotatable bonds is 7. The van der Waals surface area contributed by atoms with Crippen LogP contribution in [0.3, 0.4) is 0 Å². The third kappa shape index (κ3) is 5.99. The number of amides is 1. The van der Waals surface area contributed by atoms with Crippen molar-refractivity contribution in [3.63, 3.8) is 0 Å². The monoisotopic (exact) mass is 382 g/mol. The maximum absolute atomic E-state index is 12.4. The lowest BCUT2D eigenvalue weighted by Crippen LogP contribution is -2.41. The summed E-state index contributed by atoms with van der Waals surface area (Å²) >= 11 is 0. The van der Waals surface area contributed by atoms with Gasteiger partial charge >= 0.3 is 0 Å². The maximum atomic E-state index is 12.4. The summed E-state index contributed by atoms with van der Waals surface area (Å²) in [6.45, 7) is 2.15. The molecule has 1 aromatic rings. The van der Waals surface area contributed by atoms with Gasteiger partial charge in [-0.15, -0.1) is 0 Å². The highest BCUT2D eigenvalue weighted by molar-refractivity contribution is 7.88. The van der Waals surface area contributed by atoms with Crippen molar-refractivity contribution in [2.75, 3.05) is 25.2 Å². The van der Waals surface area contributed by atoms with Crippen molar-refractivity contribution in [1.82, 2.24) is 4.31 Å². The lowest BCUT2D eigenvalue weighted by atomic mass is 10.1. The Morgan fingerprint density at radius 1 is 1.23 bits per heavy atom. The van der Waals surface area contributed by atoms with Gasteiger partial charge in [0, 0.05) is 19.0 Å². The van der Waals surface area contributed by atoms with Gasteiger partial charge in [0.15, 0.2) is 0 Å². The Kier molecular flexibility index (Phi) is 7.46. The average Bonchev–Trinajstić information content (AvgIpc) is 2.83. The molecule has 7 heteroatoms. The SMILES string of the molecule is COc1ccc(C)cc1NC(=O)CCN(C1CCCCCC1)S(C)(=O)=O. The molecule has 2 rings (SSSR count). The van der Waals surface area contributed by atoms with Crippen molar-refractivity contribution in [2.45, 2.75) is 57.9 Å². The van der Waals surface area contributed by atoms with Crippen molar-refractivity contribution < 1.29 is 17.9 Å². The normalized spacial score (nSPS) is 16.3. The molecule has 0 saturated heterocycles. The topological polar surface area (TPSA) is 75.7 Å². The number of nitrogens with zero attached hydrogens (tertiary/aromatic N) is 1. The van der Waals surface area contributed by atoms with Crippen molar-refractivity contribution >= 4 is 21.6 Å². The van der Waals surface area contributed by atoms with Gasteiger partial charge in [0.2, 0.25) is 15.9 Å². The van der Waals surface area contributed by atoms with E-state index in [2.05, 4.69) is 5.32 Å². The van der Waals surface area contributed by atoms with E-state index in [1.165, 1.54) is 10.6 Å². The minimum Gasteiger partial charge on any atom is -0.495 e. The van der Waals surface area contributed by atoms with Crippen molar-refractivity contribution in [2.24, 2.45) is 0 Å². The van der Waals surface area contributed by atoms with Gasteiger partial charge in [0.25, 0.3) is 0 Å². The van der Waals surface area contributed by atoms with Crippen LogP contribution in [-0.4, -0.2) is 44.6 Å². The van der Waals surface area contributed by atoms with Gasteiger partial charge < -0.3 is 10.1 Å². The number of hydrogen-bond donors (Lipinski definition) is 1. The quantitative estimate of drug-likeness (QED) is 0.734. The van der Waals surface area contributed by atoms with Crippen molar-refractivity contribution in [1.29, 1.82) is 0 Å². The first-order chi connectivity index (χ1) is 12.3. The second kappa shape index (κ2) is 9.37. The third-order valence-corrected chi connectivity index (χ3v) is 6.18. The van der Waals surface area contributed by atoms with Gasteiger partial charge in [0.1, 0.15) is 5.75 Å². The molecule has 1 saturated carbocycles. The van der Waals surface area contributed by atoms with E-state index < -0.39 is 10.0 Å². The standard InChI is InChI=1S/C19H30N2O4S/c1-15-10-11-18(25-2)17(14-15)20-19(22)12-13-21(26(3,23)24)16-8-6-4-5-7-9-16/h10-11,14,16H,4-9,12-13H2,1-3H3,(H,20,22). The summed E-state index contributed by atoms with van der Waals surface area (Å²) in [4.78, 5) is 12.4. The molecule has 1 aromatic carbocycles. The molecule has 26 heavy (non-hydrogen) atoms. The molecule has 1 aliphatic rings. The molecular weight excluding hydrogens is 352 g/mol. The highest BCUT2D eigenvalue weighted by Gasteiger charge is 2.27. The fourth-order valence-electron chi connectivity index (χ4n) is 3.51. The number of sulfonamides is 1. The summed E-state index contributed by atoms with van der Waals surface area (Å²) in [6, 6.07) is 5.57. The first-order valence-corrected chi connectivity index (χ1v) is 11.1. The summed E-state index contributed by atoms with van der Waals surface area (Å²) in [6.07, 6.45) is 7.51. The number of carbonyl (C=O) groups is 1. The smallest absolute Gasteiger partial charge is 0.225 e. The number of anilines is 1. The molecule has 1 amide bonds. The van der Waals surface area contributed by atoms with Crippen molar-refractivity contribution in [3.05, 3.63) is 23.8 Å². The predicted molar refractivity (Wildman–Crippen MR) is 104 cm³/mol. The van der Waals surface area contributed by atoms with Crippen LogP contribution in [0, 0.1) is 6.92 Å². The summed E-state index contributed by atoms with van der Waals surface area (Å²) in [5.41, 5.74) is 1.62. The first kappa shape index (κ1) is 20.7. The second-order valence-electron chi connectivity index (χ2n) is 7.02. The summed E-state index contributed by atoms with van der Waals surface area (Å²) in [5.74, 6) is 0.379. The average molecular weight is 383 g/mol. The highest BCUT2D eigenvalue weighted by Crippen LogP contribution is 2.26. The van der Waals surface area contributed by atoms with Crippen LogP contribution in [0.1, 0.15) is 50.5 Å². The molecule has 1 N–H and O–H groups in total. The van der Waals surface area contributed by atoms with Crippen LogP contribution in [0.15, 0.2) is 18.2 Å². The number of nitrogens with one attached hydrogen (secondary N) is 1. The molecule has 0 heterocycles. The number of carbonyl (C=O) groups excluding carboxylic acids is 1. The van der Waals surface area contributed by atoms with Gasteiger partial charge in [-0.25, -0.2) is 8.42 Å². The second-order valence-corrected chi connectivity index (χ2v) is 8.96. The Morgan fingerprint density at radius 2 is 1.88 bits per heavy atom. The maximum Gasteiger partial charge on any atom is 0.225 e. The van der Waals surface area contributed by atoms with Gasteiger partial charge in [-0.1, -0.05) is 31.7 Å². The zero-order valence-corrected chi connectivity index (χ0v) is 16.8. The third-order valence-electron chi connectivity index (χ3n) is 4.85. The molecule has 146 valence electrons. The summed E-state index contributed by atoms with van der Waals surface area (Å²) in [5, 5.41) is 2.84. The first-order valence-electron chi connectivity index (χ1n) is 9.22. The fourth-order valence-corrected chi connectivity index (χ4v) is 4.68. The molecule has 1 fully saturated rings. The largest absolute Gasteiger partial charge is 0.495 e. The molecule has 6 nitrogen and oxygen atoms in total. The lowest BCUT2D eigenvalue weighted by molar-refractivity contribution is -0.116. The van der Waals surface area contributed by atoms with Gasteiger partial charge in [-0.05, 0) is 37.5 Å². The zero-order chi connectivity index (χ0) is 19.2. The van der Waals surface area contributed by atoms with Crippen LogP contribution in [0.25, 0.3) is 0 Å². The Balaban J connectivity index is 2.02. The highest BCUT2D eigenvalue weighted by atomic mass is 32.2. The molecule has 1 aliphatic carbocycles. The van der Waals surface area contributed by atoms with Crippen LogP contribution < -0.4 is 10.1 Å². The van der Waals surface area contributed by atoms with Gasteiger partial charge in [0.05, 0.1) is 19.1 Å². The number of ether oxygens (including phenoxy) is 1. The zero-order valence-electron chi connectivity index (χ0n) is 16.0. The Labute approximate surface area is 157 Å². The summed E-state index contributed by atoms with van der Waals surface area (Å²) in [7, 11) is -1.79. The molecule has 0 atom stereocenters. The van der Waals surface area contributed by atoms with E-state index in [1.807, 2.05) is 19.1 Å². The molecule has 0 bridgehead atoms. The van der Waals surface area contributed by atoms with E-state index in [0.29, 0.717) is 11.4 Å². The Hall–Kier alpha value is -1.60. The summed E-state index contributed by atoms with van der Waals surface area (Å²) < 4.78 is 31.3. The number of hydrogen-bond acceptors (Lipinski definition) is 4. The molecule has 0 spiro atoms.